The van der Waals surface area contributed by atoms with E-state index in [4.69, 9.17) is 0 Å². The predicted molar refractivity (Wildman–Crippen MR) is 51.7 cm³/mol. The Bertz CT molecular complexity index is 382. The van der Waals surface area contributed by atoms with Crippen molar-refractivity contribution in [1.29, 1.82) is 0 Å². The van der Waals surface area contributed by atoms with Crippen molar-refractivity contribution in [3.63, 3.8) is 0 Å². The molecule has 0 radical (unpaired) electrons. The maximum Gasteiger partial charge on any atom is 0.254 e. The van der Waals surface area contributed by atoms with Crippen LogP contribution in [0, 0.1) is 13.8 Å². The Balaban J connectivity index is 2.68. The van der Waals surface area contributed by atoms with Crippen LogP contribution in [-0.2, 0) is 6.54 Å². The number of nitrogens with zero attached hydrogens (tertiary/aromatic N) is 1. The van der Waals surface area contributed by atoms with Crippen molar-refractivity contribution in [3.05, 3.63) is 34.4 Å². The first-order valence-corrected chi connectivity index (χ1v) is 4.46. The maximum atomic E-state index is 11.7. The van der Waals surface area contributed by atoms with E-state index in [-0.39, 0.29) is 5.91 Å². The van der Waals surface area contributed by atoms with Crippen molar-refractivity contribution in [3.8, 4) is 0 Å². The van der Waals surface area contributed by atoms with Gasteiger partial charge >= 0.3 is 0 Å². The van der Waals surface area contributed by atoms with E-state index in [1.54, 1.807) is 4.90 Å². The monoisotopic (exact) mass is 175 g/mol. The van der Waals surface area contributed by atoms with E-state index in [0.717, 1.165) is 17.7 Å². The smallest absolute Gasteiger partial charge is 0.254 e. The number of carbonyl (C=O) groups is 1. The summed E-state index contributed by atoms with van der Waals surface area (Å²) in [6, 6.07) is 4.10. The average Bonchev–Trinajstić information content (AvgIpc) is 2.38. The van der Waals surface area contributed by atoms with Gasteiger partial charge in [0.2, 0.25) is 0 Å². The third-order valence-corrected chi connectivity index (χ3v) is 2.71. The number of hydrogen-bond donors (Lipinski definition) is 0. The van der Waals surface area contributed by atoms with Crippen molar-refractivity contribution in [2.45, 2.75) is 20.4 Å². The van der Waals surface area contributed by atoms with Crippen molar-refractivity contribution >= 4 is 5.91 Å². The van der Waals surface area contributed by atoms with Crippen LogP contribution in [0.3, 0.4) is 0 Å². The van der Waals surface area contributed by atoms with Crippen LogP contribution in [0.5, 0.6) is 0 Å². The molecule has 0 atom stereocenters. The summed E-state index contributed by atoms with van der Waals surface area (Å²) in [7, 11) is 1.85. The normalized spacial score (nSPS) is 15.0. The van der Waals surface area contributed by atoms with Crippen LogP contribution >= 0.6 is 0 Å². The molecule has 1 aromatic carbocycles. The van der Waals surface area contributed by atoms with Gasteiger partial charge in [-0.25, -0.2) is 0 Å². The van der Waals surface area contributed by atoms with E-state index in [9.17, 15) is 4.79 Å². The van der Waals surface area contributed by atoms with Crippen molar-refractivity contribution < 1.29 is 4.79 Å². The van der Waals surface area contributed by atoms with Crippen LogP contribution in [0.25, 0.3) is 0 Å². The number of amides is 1. The van der Waals surface area contributed by atoms with Crippen LogP contribution in [0.1, 0.15) is 27.0 Å². The second kappa shape index (κ2) is 2.59. The largest absolute Gasteiger partial charge is 0.337 e. The average molecular weight is 175 g/mol. The van der Waals surface area contributed by atoms with E-state index in [1.165, 1.54) is 11.1 Å². The lowest BCUT2D eigenvalue weighted by Gasteiger charge is -2.05. The molecule has 2 nitrogen and oxygen atoms in total. The number of carbonyl (C=O) groups excluding carboxylic acids is 1. The van der Waals surface area contributed by atoms with Crippen LogP contribution in [0.4, 0.5) is 0 Å². The van der Waals surface area contributed by atoms with E-state index in [2.05, 4.69) is 13.0 Å². The molecule has 2 heteroatoms. The minimum atomic E-state index is 0.163. The Labute approximate surface area is 78.2 Å². The highest BCUT2D eigenvalue weighted by molar-refractivity contribution is 5.99. The van der Waals surface area contributed by atoms with Gasteiger partial charge in [-0.1, -0.05) is 12.1 Å². The minimum absolute atomic E-state index is 0.163. The molecule has 0 fully saturated rings. The molecule has 1 aliphatic rings. The van der Waals surface area contributed by atoms with E-state index >= 15 is 0 Å². The molecule has 0 unspecified atom stereocenters. The van der Waals surface area contributed by atoms with Gasteiger partial charge < -0.3 is 4.90 Å². The second-order valence-corrected chi connectivity index (χ2v) is 3.71. The molecule has 2 rings (SSSR count). The predicted octanol–water partition coefficient (Wildman–Crippen LogP) is 1.89. The topological polar surface area (TPSA) is 20.3 Å². The Morgan fingerprint density at radius 1 is 1.23 bits per heavy atom. The Morgan fingerprint density at radius 3 is 2.46 bits per heavy atom. The van der Waals surface area contributed by atoms with Gasteiger partial charge in [0, 0.05) is 19.2 Å². The highest BCUT2D eigenvalue weighted by Gasteiger charge is 2.26. The zero-order valence-corrected chi connectivity index (χ0v) is 8.22. The fourth-order valence-corrected chi connectivity index (χ4v) is 1.87. The summed E-state index contributed by atoms with van der Waals surface area (Å²) < 4.78 is 0. The summed E-state index contributed by atoms with van der Waals surface area (Å²) in [4.78, 5) is 13.5. The van der Waals surface area contributed by atoms with E-state index in [1.807, 2.05) is 20.0 Å². The summed E-state index contributed by atoms with van der Waals surface area (Å²) in [5.74, 6) is 0.163. The van der Waals surface area contributed by atoms with Gasteiger partial charge in [0.05, 0.1) is 0 Å². The lowest BCUT2D eigenvalue weighted by Crippen LogP contribution is -2.17. The molecule has 0 bridgehead atoms. The SMILES string of the molecule is Cc1ccc(C)c2c1CN(C)C2=O. The second-order valence-electron chi connectivity index (χ2n) is 3.71. The molecule has 1 heterocycles. The summed E-state index contributed by atoms with van der Waals surface area (Å²) in [5.41, 5.74) is 4.43. The molecule has 13 heavy (non-hydrogen) atoms. The van der Waals surface area contributed by atoms with Crippen LogP contribution in [-0.4, -0.2) is 17.9 Å². The summed E-state index contributed by atoms with van der Waals surface area (Å²) in [6.07, 6.45) is 0. The molecular weight excluding hydrogens is 162 g/mol. The Kier molecular flexibility index (Phi) is 1.65. The number of hydrogen-bond acceptors (Lipinski definition) is 1. The fraction of sp³-hybridized carbons (Fsp3) is 0.364. The molecular formula is C11H13NO. The molecule has 0 saturated heterocycles. The molecule has 0 saturated carbocycles. The van der Waals surface area contributed by atoms with E-state index in [0.29, 0.717) is 0 Å². The molecule has 0 aromatic heterocycles. The van der Waals surface area contributed by atoms with Gasteiger partial charge in [-0.15, -0.1) is 0 Å². The lowest BCUT2D eigenvalue weighted by atomic mass is 10.00. The first-order valence-electron chi connectivity index (χ1n) is 4.46. The van der Waals surface area contributed by atoms with Gasteiger partial charge in [0.15, 0.2) is 0 Å². The zero-order valence-electron chi connectivity index (χ0n) is 8.22. The van der Waals surface area contributed by atoms with Crippen molar-refractivity contribution in [2.24, 2.45) is 0 Å². The van der Waals surface area contributed by atoms with Crippen molar-refractivity contribution in [2.75, 3.05) is 7.05 Å². The standard InChI is InChI=1S/C11H13NO/c1-7-4-5-8(2)10-9(7)6-12(3)11(10)13/h4-5H,6H2,1-3H3. The molecule has 68 valence electrons. The number of aryl methyl sites for hydroxylation is 2. The highest BCUT2D eigenvalue weighted by atomic mass is 16.2. The third kappa shape index (κ3) is 1.05. The number of benzene rings is 1. The van der Waals surface area contributed by atoms with Gasteiger partial charge in [0.1, 0.15) is 0 Å². The summed E-state index contributed by atoms with van der Waals surface area (Å²) >= 11 is 0. The van der Waals surface area contributed by atoms with Crippen LogP contribution in [0.15, 0.2) is 12.1 Å². The summed E-state index contributed by atoms with van der Waals surface area (Å²) in [5, 5.41) is 0. The Hall–Kier alpha value is -1.31. The zero-order chi connectivity index (χ0) is 9.59. The Morgan fingerprint density at radius 2 is 1.85 bits per heavy atom. The fourth-order valence-electron chi connectivity index (χ4n) is 1.87. The quantitative estimate of drug-likeness (QED) is 0.589. The number of rotatable bonds is 0. The van der Waals surface area contributed by atoms with Gasteiger partial charge in [0.25, 0.3) is 5.91 Å². The first-order chi connectivity index (χ1) is 6.11. The third-order valence-electron chi connectivity index (χ3n) is 2.71. The van der Waals surface area contributed by atoms with Gasteiger partial charge in [-0.2, -0.15) is 0 Å². The maximum absolute atomic E-state index is 11.7. The van der Waals surface area contributed by atoms with Gasteiger partial charge in [-0.3, -0.25) is 4.79 Å². The molecule has 0 spiro atoms. The highest BCUT2D eigenvalue weighted by Crippen LogP contribution is 2.27. The molecule has 1 amide bonds. The van der Waals surface area contributed by atoms with Crippen LogP contribution < -0.4 is 0 Å². The van der Waals surface area contributed by atoms with Gasteiger partial charge in [-0.05, 0) is 30.5 Å². The van der Waals surface area contributed by atoms with E-state index < -0.39 is 0 Å². The molecule has 1 aliphatic heterocycles. The minimum Gasteiger partial charge on any atom is -0.337 e. The summed E-state index contributed by atoms with van der Waals surface area (Å²) in [6.45, 7) is 4.82. The molecule has 1 aromatic rings. The molecule has 0 N–H and O–H groups in total. The lowest BCUT2D eigenvalue weighted by molar-refractivity contribution is 0.0816. The van der Waals surface area contributed by atoms with Crippen LogP contribution in [0.2, 0.25) is 0 Å². The first kappa shape index (κ1) is 8.30. The molecule has 0 aliphatic carbocycles. The van der Waals surface area contributed by atoms with Crippen molar-refractivity contribution in [1.82, 2.24) is 4.90 Å². The number of fused-ring (bicyclic) bond motifs is 1.